The van der Waals surface area contributed by atoms with Crippen LogP contribution in [0.25, 0.3) is 11.0 Å². The van der Waals surface area contributed by atoms with Gasteiger partial charge < -0.3 is 9.15 Å². The summed E-state index contributed by atoms with van der Waals surface area (Å²) in [5, 5.41) is 5.27. The molecule has 0 aliphatic heterocycles. The number of rotatable bonds is 4. The fourth-order valence-corrected chi connectivity index (χ4v) is 2.60. The molecule has 0 amide bonds. The molecule has 0 saturated carbocycles. The van der Waals surface area contributed by atoms with E-state index < -0.39 is 5.63 Å². The van der Waals surface area contributed by atoms with E-state index in [2.05, 4.69) is 10.5 Å². The van der Waals surface area contributed by atoms with Gasteiger partial charge in [0.25, 0.3) is 0 Å². The summed E-state index contributed by atoms with van der Waals surface area (Å²) in [6.07, 6.45) is 0. The van der Waals surface area contributed by atoms with E-state index in [1.807, 2.05) is 56.3 Å². The first-order valence-electron chi connectivity index (χ1n) is 7.57. The molecule has 1 aromatic heterocycles. The molecule has 0 aliphatic rings. The van der Waals surface area contributed by atoms with Gasteiger partial charge in [0, 0.05) is 11.5 Å². The molecule has 122 valence electrons. The lowest BCUT2D eigenvalue weighted by Gasteiger charge is -2.12. The highest BCUT2D eigenvalue weighted by Crippen LogP contribution is 2.29. The van der Waals surface area contributed by atoms with Crippen LogP contribution in [0.5, 0.6) is 5.75 Å². The minimum absolute atomic E-state index is 0.390. The third-order valence-electron chi connectivity index (χ3n) is 3.79. The molecule has 3 rings (SSSR count). The van der Waals surface area contributed by atoms with Crippen LogP contribution in [0.4, 0.5) is 5.69 Å². The zero-order valence-corrected chi connectivity index (χ0v) is 13.8. The van der Waals surface area contributed by atoms with Crippen molar-refractivity contribution in [3.05, 3.63) is 70.1 Å². The zero-order valence-electron chi connectivity index (χ0n) is 13.8. The second-order valence-electron chi connectivity index (χ2n) is 5.44. The molecule has 0 radical (unpaired) electrons. The van der Waals surface area contributed by atoms with Gasteiger partial charge in [-0.15, -0.1) is 0 Å². The van der Waals surface area contributed by atoms with Crippen LogP contribution in [0.3, 0.4) is 0 Å². The third kappa shape index (κ3) is 3.01. The number of benzene rings is 2. The summed E-state index contributed by atoms with van der Waals surface area (Å²) < 4.78 is 10.9. The third-order valence-corrected chi connectivity index (χ3v) is 3.79. The Balaban J connectivity index is 2.14. The van der Waals surface area contributed by atoms with Gasteiger partial charge in [-0.1, -0.05) is 18.2 Å². The van der Waals surface area contributed by atoms with E-state index >= 15 is 0 Å². The maximum absolute atomic E-state index is 11.8. The molecule has 0 unspecified atom stereocenters. The van der Waals surface area contributed by atoms with Crippen LogP contribution in [0, 0.1) is 6.92 Å². The lowest BCUT2D eigenvalue weighted by Crippen LogP contribution is -2.06. The topological polar surface area (TPSA) is 63.8 Å². The first kappa shape index (κ1) is 15.8. The summed E-state index contributed by atoms with van der Waals surface area (Å²) in [6.45, 7) is 3.72. The van der Waals surface area contributed by atoms with Gasteiger partial charge in [0.05, 0.1) is 24.1 Å². The Bertz CT molecular complexity index is 960. The second-order valence-corrected chi connectivity index (χ2v) is 5.44. The Kier molecular flexibility index (Phi) is 4.33. The van der Waals surface area contributed by atoms with E-state index in [-0.39, 0.29) is 0 Å². The van der Waals surface area contributed by atoms with Crippen molar-refractivity contribution in [1.82, 2.24) is 0 Å². The summed E-state index contributed by atoms with van der Waals surface area (Å²) in [4.78, 5) is 11.8. The largest absolute Gasteiger partial charge is 0.496 e. The number of hydrazone groups is 1. The molecule has 1 N–H and O–H groups in total. The van der Waals surface area contributed by atoms with Crippen molar-refractivity contribution in [2.24, 2.45) is 5.10 Å². The predicted octanol–water partition coefficient (Wildman–Crippen LogP) is 3.95. The average Bonchev–Trinajstić information content (AvgIpc) is 2.59. The van der Waals surface area contributed by atoms with Crippen molar-refractivity contribution in [3.8, 4) is 5.75 Å². The highest BCUT2D eigenvalue weighted by Gasteiger charge is 2.15. The van der Waals surface area contributed by atoms with Crippen molar-refractivity contribution < 1.29 is 9.15 Å². The van der Waals surface area contributed by atoms with Crippen LogP contribution >= 0.6 is 0 Å². The van der Waals surface area contributed by atoms with Crippen molar-refractivity contribution >= 4 is 22.4 Å². The number of nitrogens with one attached hydrogen (secondary N) is 1. The molecule has 5 heteroatoms. The van der Waals surface area contributed by atoms with Gasteiger partial charge in [0.2, 0.25) is 0 Å². The van der Waals surface area contributed by atoms with Crippen molar-refractivity contribution in [2.45, 2.75) is 13.8 Å². The van der Waals surface area contributed by atoms with Gasteiger partial charge >= 0.3 is 5.63 Å². The van der Waals surface area contributed by atoms with Crippen LogP contribution in [-0.2, 0) is 0 Å². The molecule has 0 saturated heterocycles. The first-order chi connectivity index (χ1) is 11.6. The van der Waals surface area contributed by atoms with Crippen molar-refractivity contribution in [1.29, 1.82) is 0 Å². The molecule has 0 bridgehead atoms. The molecule has 24 heavy (non-hydrogen) atoms. The van der Waals surface area contributed by atoms with E-state index in [0.717, 1.165) is 16.6 Å². The van der Waals surface area contributed by atoms with E-state index in [1.165, 1.54) is 6.07 Å². The Morgan fingerprint density at radius 3 is 2.62 bits per heavy atom. The zero-order chi connectivity index (χ0) is 17.1. The molecule has 1 heterocycles. The average molecular weight is 322 g/mol. The SMILES string of the molecule is COc1ccc2c(C)cc(=O)oc2c1C(C)=NNc1ccccc1. The number of fused-ring (bicyclic) bond motifs is 1. The van der Waals surface area contributed by atoms with Crippen molar-refractivity contribution in [2.75, 3.05) is 12.5 Å². The number of nitrogens with zero attached hydrogens (tertiary/aromatic N) is 1. The van der Waals surface area contributed by atoms with E-state index in [1.54, 1.807) is 7.11 Å². The fraction of sp³-hybridized carbons (Fsp3) is 0.158. The van der Waals surface area contributed by atoms with Gasteiger partial charge in [-0.25, -0.2) is 4.79 Å². The molecule has 0 fully saturated rings. The number of aryl methyl sites for hydroxylation is 1. The Morgan fingerprint density at radius 2 is 1.92 bits per heavy atom. The predicted molar refractivity (Wildman–Crippen MR) is 96.0 cm³/mol. The number of anilines is 1. The lowest BCUT2D eigenvalue weighted by atomic mass is 10.0. The summed E-state index contributed by atoms with van der Waals surface area (Å²) in [6, 6.07) is 14.8. The molecule has 0 atom stereocenters. The molecule has 5 nitrogen and oxygen atoms in total. The van der Waals surface area contributed by atoms with E-state index in [9.17, 15) is 4.79 Å². The summed E-state index contributed by atoms with van der Waals surface area (Å²) in [5.41, 5.74) is 6.14. The molecular formula is C19H18N2O3. The van der Waals surface area contributed by atoms with Crippen molar-refractivity contribution in [3.63, 3.8) is 0 Å². The van der Waals surface area contributed by atoms with Crippen LogP contribution in [-0.4, -0.2) is 12.8 Å². The van der Waals surface area contributed by atoms with Crippen LogP contribution in [0.2, 0.25) is 0 Å². The van der Waals surface area contributed by atoms with Gasteiger partial charge in [-0.3, -0.25) is 5.43 Å². The summed E-state index contributed by atoms with van der Waals surface area (Å²) >= 11 is 0. The number of para-hydroxylation sites is 1. The van der Waals surface area contributed by atoms with Gasteiger partial charge in [0.1, 0.15) is 5.75 Å². The molecule has 3 aromatic rings. The van der Waals surface area contributed by atoms with Crippen LogP contribution in [0.15, 0.2) is 62.8 Å². The van der Waals surface area contributed by atoms with Crippen LogP contribution < -0.4 is 15.8 Å². The monoisotopic (exact) mass is 322 g/mol. The smallest absolute Gasteiger partial charge is 0.336 e. The van der Waals surface area contributed by atoms with Crippen LogP contribution in [0.1, 0.15) is 18.1 Å². The van der Waals surface area contributed by atoms with E-state index in [4.69, 9.17) is 9.15 Å². The Labute approximate surface area is 139 Å². The molecule has 0 aliphatic carbocycles. The second kappa shape index (κ2) is 6.58. The van der Waals surface area contributed by atoms with E-state index in [0.29, 0.717) is 22.6 Å². The number of methoxy groups -OCH3 is 1. The quantitative estimate of drug-likeness (QED) is 0.449. The normalized spacial score (nSPS) is 11.5. The molecule has 0 spiro atoms. The van der Waals surface area contributed by atoms with Gasteiger partial charge in [-0.05, 0) is 43.7 Å². The fourth-order valence-electron chi connectivity index (χ4n) is 2.60. The Hall–Kier alpha value is -3.08. The highest BCUT2D eigenvalue weighted by molar-refractivity contribution is 6.10. The minimum Gasteiger partial charge on any atom is -0.496 e. The lowest BCUT2D eigenvalue weighted by molar-refractivity contribution is 0.413. The summed E-state index contributed by atoms with van der Waals surface area (Å²) in [5.74, 6) is 0.604. The summed E-state index contributed by atoms with van der Waals surface area (Å²) in [7, 11) is 1.58. The maximum Gasteiger partial charge on any atom is 0.336 e. The Morgan fingerprint density at radius 1 is 1.17 bits per heavy atom. The number of hydrogen-bond donors (Lipinski definition) is 1. The number of hydrogen-bond acceptors (Lipinski definition) is 5. The molecular weight excluding hydrogens is 304 g/mol. The van der Waals surface area contributed by atoms with Gasteiger partial charge in [-0.2, -0.15) is 5.10 Å². The standard InChI is InChI=1S/C19H18N2O3/c1-12-11-17(22)24-19-15(12)9-10-16(23-3)18(19)13(2)20-21-14-7-5-4-6-8-14/h4-11,21H,1-3H3. The van der Waals surface area contributed by atoms with Gasteiger partial charge in [0.15, 0.2) is 5.58 Å². The first-order valence-corrected chi connectivity index (χ1v) is 7.57. The molecule has 2 aromatic carbocycles. The highest BCUT2D eigenvalue weighted by atomic mass is 16.5. The number of ether oxygens (including phenoxy) is 1. The maximum atomic E-state index is 11.8. The minimum atomic E-state index is -0.390.